The Kier molecular flexibility index (Phi) is 6.68. The van der Waals surface area contributed by atoms with Crippen LogP contribution in [0.4, 0.5) is 0 Å². The van der Waals surface area contributed by atoms with Gasteiger partial charge in [0.15, 0.2) is 0 Å². The third-order valence-corrected chi connectivity index (χ3v) is 3.83. The maximum Gasteiger partial charge on any atom is 0.309 e. The molecule has 1 aromatic rings. The van der Waals surface area contributed by atoms with E-state index >= 15 is 0 Å². The molecule has 0 bridgehead atoms. The smallest absolute Gasteiger partial charge is 0.309 e. The first-order chi connectivity index (χ1) is 9.54. The number of carbonyl (C=O) groups is 1. The largest absolute Gasteiger partial charge is 0.469 e. The molecule has 1 aromatic carbocycles. The van der Waals surface area contributed by atoms with Crippen LogP contribution in [0.5, 0.6) is 0 Å². The van der Waals surface area contributed by atoms with Crippen molar-refractivity contribution in [2.75, 3.05) is 13.7 Å². The fourth-order valence-corrected chi connectivity index (χ4v) is 2.08. The number of ether oxygens (including phenoxy) is 1. The molecule has 0 heterocycles. The maximum atomic E-state index is 11.4. The molecule has 4 heteroatoms. The van der Waals surface area contributed by atoms with Crippen LogP contribution < -0.4 is 5.32 Å². The first-order valence-corrected chi connectivity index (χ1v) is 7.04. The molecule has 4 nitrogen and oxygen atoms in total. The minimum absolute atomic E-state index is 0.0902. The topological polar surface area (TPSA) is 58.6 Å². The first-order valence-electron chi connectivity index (χ1n) is 7.04. The zero-order valence-electron chi connectivity index (χ0n) is 12.6. The van der Waals surface area contributed by atoms with Crippen molar-refractivity contribution in [1.29, 1.82) is 0 Å². The monoisotopic (exact) mass is 279 g/mol. The van der Waals surface area contributed by atoms with E-state index < -0.39 is 0 Å². The van der Waals surface area contributed by atoms with Crippen molar-refractivity contribution in [3.8, 4) is 0 Å². The molecule has 0 saturated carbocycles. The number of rotatable bonds is 8. The van der Waals surface area contributed by atoms with E-state index in [1.807, 2.05) is 24.3 Å². The molecule has 2 N–H and O–H groups in total. The number of carbonyl (C=O) groups excluding carboxylic acids is 1. The van der Waals surface area contributed by atoms with Crippen LogP contribution in [0.1, 0.15) is 37.8 Å². The fraction of sp³-hybridized carbons (Fsp3) is 0.562. The van der Waals surface area contributed by atoms with E-state index in [4.69, 9.17) is 9.84 Å². The van der Waals surface area contributed by atoms with Crippen LogP contribution in [-0.4, -0.2) is 30.3 Å². The molecule has 1 rings (SSSR count). The van der Waals surface area contributed by atoms with Crippen molar-refractivity contribution in [3.63, 3.8) is 0 Å². The minimum Gasteiger partial charge on any atom is -0.469 e. The number of esters is 1. The summed E-state index contributed by atoms with van der Waals surface area (Å²) in [4.78, 5) is 11.4. The van der Waals surface area contributed by atoms with Crippen molar-refractivity contribution < 1.29 is 14.6 Å². The second-order valence-electron chi connectivity index (χ2n) is 5.26. The van der Waals surface area contributed by atoms with E-state index in [0.717, 1.165) is 17.5 Å². The highest BCUT2D eigenvalue weighted by Gasteiger charge is 2.20. The lowest BCUT2D eigenvalue weighted by molar-refractivity contribution is -0.139. The van der Waals surface area contributed by atoms with Gasteiger partial charge in [-0.3, -0.25) is 4.79 Å². The number of hydrogen-bond acceptors (Lipinski definition) is 4. The molecule has 1 atom stereocenters. The third kappa shape index (κ3) is 4.94. The van der Waals surface area contributed by atoms with Crippen LogP contribution in [0.25, 0.3) is 0 Å². The lowest BCUT2D eigenvalue weighted by Gasteiger charge is -2.29. The van der Waals surface area contributed by atoms with E-state index in [2.05, 4.69) is 19.2 Å². The zero-order valence-corrected chi connectivity index (χ0v) is 12.6. The Balaban J connectivity index is 2.74. The van der Waals surface area contributed by atoms with Gasteiger partial charge in [-0.05, 0) is 30.9 Å². The molecule has 0 saturated heterocycles. The standard InChI is InChI=1S/C16H25NO3/c1-4-16(2,9-10-18)17-12-14-8-6-5-7-13(14)11-15(19)20-3/h5-8,17-18H,4,9-12H2,1-3H3. The molecule has 20 heavy (non-hydrogen) atoms. The minimum atomic E-state index is -0.230. The summed E-state index contributed by atoms with van der Waals surface area (Å²) < 4.78 is 4.72. The van der Waals surface area contributed by atoms with Crippen LogP contribution in [0.15, 0.2) is 24.3 Å². The summed E-state index contributed by atoms with van der Waals surface area (Å²) >= 11 is 0. The van der Waals surface area contributed by atoms with Crippen molar-refractivity contribution in [2.45, 2.75) is 45.2 Å². The third-order valence-electron chi connectivity index (χ3n) is 3.83. The van der Waals surface area contributed by atoms with Gasteiger partial charge >= 0.3 is 5.97 Å². The average Bonchev–Trinajstić information content (AvgIpc) is 2.46. The second-order valence-corrected chi connectivity index (χ2v) is 5.26. The van der Waals surface area contributed by atoms with Crippen LogP contribution in [0.2, 0.25) is 0 Å². The predicted molar refractivity (Wildman–Crippen MR) is 79.4 cm³/mol. The van der Waals surface area contributed by atoms with E-state index in [0.29, 0.717) is 13.0 Å². The molecule has 0 spiro atoms. The van der Waals surface area contributed by atoms with Gasteiger partial charge in [0, 0.05) is 18.7 Å². The molecule has 0 aromatic heterocycles. The number of methoxy groups -OCH3 is 1. The summed E-state index contributed by atoms with van der Waals surface area (Å²) in [5, 5.41) is 12.6. The summed E-state index contributed by atoms with van der Waals surface area (Å²) in [7, 11) is 1.40. The van der Waals surface area contributed by atoms with Crippen LogP contribution in [-0.2, 0) is 22.5 Å². The van der Waals surface area contributed by atoms with E-state index in [9.17, 15) is 4.79 Å². The Morgan fingerprint density at radius 3 is 2.55 bits per heavy atom. The highest BCUT2D eigenvalue weighted by Crippen LogP contribution is 2.17. The molecule has 0 radical (unpaired) electrons. The molecule has 0 aliphatic carbocycles. The van der Waals surface area contributed by atoms with Crippen LogP contribution in [0, 0.1) is 0 Å². The Labute approximate surface area is 121 Å². The lowest BCUT2D eigenvalue weighted by atomic mass is 9.94. The molecule has 0 aliphatic heterocycles. The Bertz CT molecular complexity index is 433. The molecule has 1 unspecified atom stereocenters. The summed E-state index contributed by atoms with van der Waals surface area (Å²) in [5.74, 6) is -0.230. The van der Waals surface area contributed by atoms with Gasteiger partial charge in [0.05, 0.1) is 13.5 Å². The van der Waals surface area contributed by atoms with Gasteiger partial charge in [-0.15, -0.1) is 0 Å². The van der Waals surface area contributed by atoms with Gasteiger partial charge in [0.25, 0.3) is 0 Å². The average molecular weight is 279 g/mol. The van der Waals surface area contributed by atoms with Crippen molar-refractivity contribution in [3.05, 3.63) is 35.4 Å². The summed E-state index contributed by atoms with van der Waals surface area (Å²) in [6.07, 6.45) is 1.94. The number of benzene rings is 1. The first kappa shape index (κ1) is 16.7. The number of aliphatic hydroxyl groups is 1. The fourth-order valence-electron chi connectivity index (χ4n) is 2.08. The number of aliphatic hydroxyl groups excluding tert-OH is 1. The van der Waals surface area contributed by atoms with Gasteiger partial charge in [-0.25, -0.2) is 0 Å². The Morgan fingerprint density at radius 2 is 2.00 bits per heavy atom. The predicted octanol–water partition coefficient (Wildman–Crippen LogP) is 2.04. The molecule has 0 amide bonds. The molecular weight excluding hydrogens is 254 g/mol. The lowest BCUT2D eigenvalue weighted by Crippen LogP contribution is -2.42. The SMILES string of the molecule is CCC(C)(CCO)NCc1ccccc1CC(=O)OC. The normalized spacial score (nSPS) is 13.8. The summed E-state index contributed by atoms with van der Waals surface area (Å²) in [6, 6.07) is 7.85. The van der Waals surface area contributed by atoms with Gasteiger partial charge < -0.3 is 15.2 Å². The van der Waals surface area contributed by atoms with E-state index in [1.165, 1.54) is 7.11 Å². The van der Waals surface area contributed by atoms with Gasteiger partial charge in [-0.1, -0.05) is 31.2 Å². The quantitative estimate of drug-likeness (QED) is 0.715. The van der Waals surface area contributed by atoms with Gasteiger partial charge in [-0.2, -0.15) is 0 Å². The Morgan fingerprint density at radius 1 is 1.35 bits per heavy atom. The Hall–Kier alpha value is -1.39. The number of hydrogen-bond donors (Lipinski definition) is 2. The van der Waals surface area contributed by atoms with Crippen LogP contribution in [0.3, 0.4) is 0 Å². The molecule has 112 valence electrons. The summed E-state index contributed by atoms with van der Waals surface area (Å²) in [6.45, 7) is 5.05. The number of nitrogens with one attached hydrogen (secondary N) is 1. The van der Waals surface area contributed by atoms with Crippen LogP contribution >= 0.6 is 0 Å². The van der Waals surface area contributed by atoms with E-state index in [1.54, 1.807) is 0 Å². The maximum absolute atomic E-state index is 11.4. The van der Waals surface area contributed by atoms with Crippen molar-refractivity contribution in [2.24, 2.45) is 0 Å². The van der Waals surface area contributed by atoms with Gasteiger partial charge in [0.2, 0.25) is 0 Å². The van der Waals surface area contributed by atoms with Gasteiger partial charge in [0.1, 0.15) is 0 Å². The summed E-state index contributed by atoms with van der Waals surface area (Å²) in [5.41, 5.74) is 1.98. The molecular formula is C16H25NO3. The van der Waals surface area contributed by atoms with E-state index in [-0.39, 0.29) is 24.5 Å². The molecule has 0 fully saturated rings. The zero-order chi connectivity index (χ0) is 15.0. The van der Waals surface area contributed by atoms with Crippen molar-refractivity contribution >= 4 is 5.97 Å². The highest BCUT2D eigenvalue weighted by molar-refractivity contribution is 5.72. The highest BCUT2D eigenvalue weighted by atomic mass is 16.5. The second kappa shape index (κ2) is 8.02. The molecule has 0 aliphatic rings. The van der Waals surface area contributed by atoms with Crippen molar-refractivity contribution in [1.82, 2.24) is 5.32 Å².